The lowest BCUT2D eigenvalue weighted by atomic mass is 10.1. The molecule has 31 heavy (non-hydrogen) atoms. The van der Waals surface area contributed by atoms with Crippen molar-refractivity contribution in [1.29, 1.82) is 0 Å². The third-order valence-corrected chi connectivity index (χ3v) is 6.13. The molecular weight excluding hydrogens is 426 g/mol. The smallest absolute Gasteiger partial charge is 0.237 e. The second-order valence-corrected chi connectivity index (χ2v) is 8.97. The van der Waals surface area contributed by atoms with Crippen molar-refractivity contribution in [1.82, 2.24) is 9.97 Å². The number of H-pyrrole nitrogens is 1. The molecule has 2 N–H and O–H groups in total. The van der Waals surface area contributed by atoms with Crippen LogP contribution in [0.5, 0.6) is 0 Å². The molecule has 0 saturated heterocycles. The highest BCUT2D eigenvalue weighted by Crippen LogP contribution is 2.34. The van der Waals surface area contributed by atoms with Gasteiger partial charge in [-0.2, -0.15) is 0 Å². The number of hydrogen-bond donors (Lipinski definition) is 2. The van der Waals surface area contributed by atoms with E-state index in [0.29, 0.717) is 10.2 Å². The molecule has 0 fully saturated rings. The van der Waals surface area contributed by atoms with Gasteiger partial charge in [-0.1, -0.05) is 90.1 Å². The van der Waals surface area contributed by atoms with E-state index in [-0.39, 0.29) is 11.2 Å². The molecule has 0 saturated carbocycles. The maximum atomic E-state index is 12.8. The number of nitrogens with one attached hydrogen (secondary N) is 2. The molecule has 0 bridgehead atoms. The Morgan fingerprint density at radius 2 is 1.65 bits per heavy atom. The molecule has 1 aromatic heterocycles. The van der Waals surface area contributed by atoms with Crippen molar-refractivity contribution in [2.75, 3.05) is 5.32 Å². The zero-order chi connectivity index (χ0) is 21.8. The number of aryl methyl sites for hydroxylation is 1. The van der Waals surface area contributed by atoms with Crippen LogP contribution >= 0.6 is 23.4 Å². The summed E-state index contributed by atoms with van der Waals surface area (Å²) in [6, 6.07) is 25.6. The molecule has 0 aliphatic heterocycles. The first-order valence-electron chi connectivity index (χ1n) is 9.96. The van der Waals surface area contributed by atoms with Crippen molar-refractivity contribution >= 4 is 35.0 Å². The summed E-state index contributed by atoms with van der Waals surface area (Å²) < 4.78 is 0. The Hall–Kier alpha value is -3.02. The number of imidazole rings is 1. The number of anilines is 1. The number of thioether (sulfide) groups is 1. The van der Waals surface area contributed by atoms with Gasteiger partial charge in [-0.25, -0.2) is 4.98 Å². The molecule has 4 nitrogen and oxygen atoms in total. The molecule has 6 heteroatoms. The zero-order valence-electron chi connectivity index (χ0n) is 17.2. The van der Waals surface area contributed by atoms with Gasteiger partial charge in [-0.05, 0) is 31.5 Å². The van der Waals surface area contributed by atoms with E-state index in [1.807, 2.05) is 86.6 Å². The second kappa shape index (κ2) is 9.41. The van der Waals surface area contributed by atoms with Crippen LogP contribution in [0.1, 0.15) is 12.5 Å². The van der Waals surface area contributed by atoms with E-state index in [1.54, 1.807) is 6.07 Å². The number of halogens is 1. The molecule has 0 aliphatic carbocycles. The molecule has 3 aromatic carbocycles. The van der Waals surface area contributed by atoms with Crippen molar-refractivity contribution in [2.45, 2.75) is 24.3 Å². The van der Waals surface area contributed by atoms with E-state index in [2.05, 4.69) is 10.3 Å². The van der Waals surface area contributed by atoms with Crippen LogP contribution in [0.4, 0.5) is 5.69 Å². The van der Waals surface area contributed by atoms with Gasteiger partial charge in [0.1, 0.15) is 0 Å². The Morgan fingerprint density at radius 3 is 2.32 bits per heavy atom. The molecule has 4 rings (SSSR count). The highest BCUT2D eigenvalue weighted by atomic mass is 35.5. The summed E-state index contributed by atoms with van der Waals surface area (Å²) in [6.07, 6.45) is 0. The Bertz CT molecular complexity index is 1140. The molecule has 0 aliphatic rings. The summed E-state index contributed by atoms with van der Waals surface area (Å²) >= 11 is 7.47. The van der Waals surface area contributed by atoms with Crippen LogP contribution < -0.4 is 5.32 Å². The second-order valence-electron chi connectivity index (χ2n) is 7.21. The number of benzene rings is 3. The Morgan fingerprint density at radius 1 is 1.00 bits per heavy atom. The van der Waals surface area contributed by atoms with E-state index in [9.17, 15) is 4.79 Å². The number of rotatable bonds is 6. The molecule has 0 radical (unpaired) electrons. The fourth-order valence-electron chi connectivity index (χ4n) is 3.21. The monoisotopic (exact) mass is 447 g/mol. The quantitative estimate of drug-likeness (QED) is 0.318. The minimum Gasteiger partial charge on any atom is -0.332 e. The fourth-order valence-corrected chi connectivity index (χ4v) is 4.19. The minimum atomic E-state index is -0.350. The van der Waals surface area contributed by atoms with Gasteiger partial charge >= 0.3 is 0 Å². The van der Waals surface area contributed by atoms with Crippen LogP contribution in [0.25, 0.3) is 22.5 Å². The normalized spacial score (nSPS) is 11.8. The number of carbonyl (C=O) groups excluding carboxylic acids is 1. The summed E-state index contributed by atoms with van der Waals surface area (Å²) in [6.45, 7) is 3.81. The predicted molar refractivity (Wildman–Crippen MR) is 130 cm³/mol. The summed E-state index contributed by atoms with van der Waals surface area (Å²) in [5.74, 6) is -0.103. The van der Waals surface area contributed by atoms with Gasteiger partial charge in [0.25, 0.3) is 0 Å². The maximum absolute atomic E-state index is 12.8. The Balaban J connectivity index is 1.59. The van der Waals surface area contributed by atoms with Crippen LogP contribution in [0, 0.1) is 6.92 Å². The summed E-state index contributed by atoms with van der Waals surface area (Å²) in [4.78, 5) is 21.0. The van der Waals surface area contributed by atoms with Crippen LogP contribution in [-0.2, 0) is 4.79 Å². The molecule has 1 unspecified atom stereocenters. The number of hydrogen-bond acceptors (Lipinski definition) is 3. The van der Waals surface area contributed by atoms with Gasteiger partial charge < -0.3 is 10.3 Å². The molecule has 1 atom stereocenters. The maximum Gasteiger partial charge on any atom is 0.237 e. The first-order chi connectivity index (χ1) is 15.0. The van der Waals surface area contributed by atoms with Crippen LogP contribution in [0.15, 0.2) is 84.0 Å². The van der Waals surface area contributed by atoms with Crippen molar-refractivity contribution in [3.05, 3.63) is 89.4 Å². The molecular formula is C25H22ClN3OS. The number of aromatic amines is 1. The number of amides is 1. The summed E-state index contributed by atoms with van der Waals surface area (Å²) in [5, 5.41) is 3.91. The zero-order valence-corrected chi connectivity index (χ0v) is 18.8. The summed E-state index contributed by atoms with van der Waals surface area (Å²) in [7, 11) is 0. The minimum absolute atomic E-state index is 0.103. The SMILES string of the molecule is Cc1ccc(Cl)cc1NC(=O)C(C)Sc1nc(-c2ccccc2)c(-c2ccccc2)[nH]1. The van der Waals surface area contributed by atoms with Gasteiger partial charge in [-0.3, -0.25) is 4.79 Å². The van der Waals surface area contributed by atoms with E-state index in [4.69, 9.17) is 16.6 Å². The van der Waals surface area contributed by atoms with Crippen molar-refractivity contribution in [2.24, 2.45) is 0 Å². The van der Waals surface area contributed by atoms with Crippen molar-refractivity contribution in [3.8, 4) is 22.5 Å². The average molecular weight is 448 g/mol. The van der Waals surface area contributed by atoms with E-state index < -0.39 is 0 Å². The van der Waals surface area contributed by atoms with Crippen LogP contribution in [-0.4, -0.2) is 21.1 Å². The number of nitrogens with zero attached hydrogens (tertiary/aromatic N) is 1. The van der Waals surface area contributed by atoms with Gasteiger partial charge in [0.15, 0.2) is 5.16 Å². The van der Waals surface area contributed by atoms with Crippen molar-refractivity contribution < 1.29 is 4.79 Å². The topological polar surface area (TPSA) is 57.8 Å². The van der Waals surface area contributed by atoms with Gasteiger partial charge in [-0.15, -0.1) is 0 Å². The van der Waals surface area contributed by atoms with Crippen molar-refractivity contribution in [3.63, 3.8) is 0 Å². The lowest BCUT2D eigenvalue weighted by molar-refractivity contribution is -0.115. The number of carbonyl (C=O) groups is 1. The average Bonchev–Trinajstić information content (AvgIpc) is 3.21. The lowest BCUT2D eigenvalue weighted by Crippen LogP contribution is -2.23. The first-order valence-corrected chi connectivity index (χ1v) is 11.2. The Kier molecular flexibility index (Phi) is 6.44. The highest BCUT2D eigenvalue weighted by molar-refractivity contribution is 8.00. The highest BCUT2D eigenvalue weighted by Gasteiger charge is 2.20. The van der Waals surface area contributed by atoms with Gasteiger partial charge in [0, 0.05) is 21.8 Å². The fraction of sp³-hybridized carbons (Fsp3) is 0.120. The molecule has 156 valence electrons. The lowest BCUT2D eigenvalue weighted by Gasteiger charge is -2.12. The largest absolute Gasteiger partial charge is 0.332 e. The first kappa shape index (κ1) is 21.2. The third kappa shape index (κ3) is 5.01. The third-order valence-electron chi connectivity index (χ3n) is 4.91. The van der Waals surface area contributed by atoms with E-state index in [0.717, 1.165) is 33.8 Å². The predicted octanol–water partition coefficient (Wildman–Crippen LogP) is 6.82. The summed E-state index contributed by atoms with van der Waals surface area (Å²) in [5.41, 5.74) is 5.56. The number of aromatic nitrogens is 2. The van der Waals surface area contributed by atoms with Gasteiger partial charge in [0.05, 0.1) is 16.6 Å². The molecule has 1 heterocycles. The van der Waals surface area contributed by atoms with E-state index in [1.165, 1.54) is 11.8 Å². The standard InChI is InChI=1S/C25H22ClN3OS/c1-16-13-14-20(26)15-21(16)27-24(30)17(2)31-25-28-22(18-9-5-3-6-10-18)23(29-25)19-11-7-4-8-12-19/h3-15,17H,1-2H3,(H,27,30)(H,28,29). The van der Waals surface area contributed by atoms with Crippen LogP contribution in [0.2, 0.25) is 5.02 Å². The molecule has 1 amide bonds. The molecule has 0 spiro atoms. The van der Waals surface area contributed by atoms with Gasteiger partial charge in [0.2, 0.25) is 5.91 Å². The van der Waals surface area contributed by atoms with E-state index >= 15 is 0 Å². The molecule has 4 aromatic rings. The van der Waals surface area contributed by atoms with Crippen LogP contribution in [0.3, 0.4) is 0 Å². The Labute approximate surface area is 191 Å².